The van der Waals surface area contributed by atoms with Gasteiger partial charge in [-0.3, -0.25) is 14.8 Å². The Labute approximate surface area is 130 Å². The van der Waals surface area contributed by atoms with E-state index >= 15 is 0 Å². The van der Waals surface area contributed by atoms with Crippen molar-refractivity contribution in [3.63, 3.8) is 0 Å². The van der Waals surface area contributed by atoms with E-state index < -0.39 is 14.9 Å². The smallest absolute Gasteiger partial charge is 0.273 e. The Morgan fingerprint density at radius 1 is 1.23 bits per heavy atom. The Morgan fingerprint density at radius 2 is 1.95 bits per heavy atom. The van der Waals surface area contributed by atoms with Gasteiger partial charge in [-0.2, -0.15) is 0 Å². The van der Waals surface area contributed by atoms with Gasteiger partial charge in [-0.1, -0.05) is 26.2 Å². The first-order valence-electron chi connectivity index (χ1n) is 7.31. The van der Waals surface area contributed by atoms with Crippen LogP contribution in [0.1, 0.15) is 39.5 Å². The van der Waals surface area contributed by atoms with Gasteiger partial charge in [0, 0.05) is 6.07 Å². The second kappa shape index (κ2) is 8.57. The van der Waals surface area contributed by atoms with Crippen LogP contribution < -0.4 is 9.46 Å². The van der Waals surface area contributed by atoms with E-state index in [0.717, 1.165) is 25.7 Å². The van der Waals surface area contributed by atoms with Gasteiger partial charge < -0.3 is 4.74 Å². The highest BCUT2D eigenvalue weighted by atomic mass is 32.2. The van der Waals surface area contributed by atoms with Gasteiger partial charge in [0.25, 0.3) is 5.69 Å². The molecule has 22 heavy (non-hydrogen) atoms. The second-order valence-electron chi connectivity index (χ2n) is 4.85. The molecule has 8 heteroatoms. The average molecular weight is 330 g/mol. The lowest BCUT2D eigenvalue weighted by Gasteiger charge is -2.13. The average Bonchev–Trinajstić information content (AvgIpc) is 2.48. The number of non-ortho nitro benzene ring substituents is 1. The third-order valence-electron chi connectivity index (χ3n) is 3.08. The number of hydrogen-bond donors (Lipinski definition) is 1. The normalized spacial score (nSPS) is 11.2. The Bertz CT molecular complexity index is 601. The number of hydrogen-bond acceptors (Lipinski definition) is 5. The molecule has 1 rings (SSSR count). The van der Waals surface area contributed by atoms with Gasteiger partial charge in [-0.15, -0.1) is 0 Å². The number of nitro benzene ring substituents is 1. The Kier molecular flexibility index (Phi) is 7.10. The van der Waals surface area contributed by atoms with Gasteiger partial charge in [0.15, 0.2) is 0 Å². The van der Waals surface area contributed by atoms with E-state index in [2.05, 4.69) is 11.6 Å². The van der Waals surface area contributed by atoms with Crippen molar-refractivity contribution in [2.75, 3.05) is 17.1 Å². The summed E-state index contributed by atoms with van der Waals surface area (Å²) >= 11 is 0. The number of nitro groups is 1. The predicted molar refractivity (Wildman–Crippen MR) is 85.8 cm³/mol. The number of anilines is 1. The Hall–Kier alpha value is -1.83. The van der Waals surface area contributed by atoms with E-state index in [9.17, 15) is 18.5 Å². The van der Waals surface area contributed by atoms with Crippen molar-refractivity contribution in [3.8, 4) is 5.75 Å². The molecule has 0 aliphatic heterocycles. The number of nitrogens with zero attached hydrogens (tertiary/aromatic N) is 1. The zero-order chi connectivity index (χ0) is 16.6. The number of unbranched alkanes of at least 4 members (excludes halogenated alkanes) is 3. The van der Waals surface area contributed by atoms with Crippen molar-refractivity contribution < 1.29 is 18.1 Å². The van der Waals surface area contributed by atoms with Crippen LogP contribution in [0.15, 0.2) is 18.2 Å². The predicted octanol–water partition coefficient (Wildman–Crippen LogP) is 3.32. The molecule has 1 aromatic rings. The summed E-state index contributed by atoms with van der Waals surface area (Å²) in [7, 11) is -3.47. The fraction of sp³-hybridized carbons (Fsp3) is 0.571. The molecule has 0 aliphatic carbocycles. The van der Waals surface area contributed by atoms with Crippen molar-refractivity contribution in [1.29, 1.82) is 0 Å². The van der Waals surface area contributed by atoms with Gasteiger partial charge in [-0.25, -0.2) is 8.42 Å². The second-order valence-corrected chi connectivity index (χ2v) is 6.86. The van der Waals surface area contributed by atoms with Crippen LogP contribution in [0.4, 0.5) is 11.4 Å². The topological polar surface area (TPSA) is 98.5 Å². The molecular weight excluding hydrogens is 308 g/mol. The maximum atomic E-state index is 11.7. The molecule has 0 radical (unpaired) electrons. The van der Waals surface area contributed by atoms with Crippen LogP contribution in [0.3, 0.4) is 0 Å². The summed E-state index contributed by atoms with van der Waals surface area (Å²) < 4.78 is 31.2. The lowest BCUT2D eigenvalue weighted by Crippen LogP contribution is -2.15. The number of rotatable bonds is 10. The summed E-state index contributed by atoms with van der Waals surface area (Å²) in [5.74, 6) is 0.0997. The SMILES string of the molecule is CCCCCCOc1cc([N+](=O)[O-])ccc1NS(=O)(=O)CC. The first-order valence-corrected chi connectivity index (χ1v) is 8.96. The van der Waals surface area contributed by atoms with Crippen LogP contribution in [0.2, 0.25) is 0 Å². The lowest BCUT2D eigenvalue weighted by atomic mass is 10.2. The highest BCUT2D eigenvalue weighted by Crippen LogP contribution is 2.30. The molecule has 0 heterocycles. The third kappa shape index (κ3) is 5.88. The Morgan fingerprint density at radius 3 is 2.55 bits per heavy atom. The quantitative estimate of drug-likeness (QED) is 0.403. The van der Waals surface area contributed by atoms with Crippen LogP contribution in [-0.2, 0) is 10.0 Å². The lowest BCUT2D eigenvalue weighted by molar-refractivity contribution is -0.384. The van der Waals surface area contributed by atoms with Crippen molar-refractivity contribution in [1.82, 2.24) is 0 Å². The van der Waals surface area contributed by atoms with Gasteiger partial charge in [0.2, 0.25) is 10.0 Å². The molecular formula is C14H22N2O5S. The van der Waals surface area contributed by atoms with Gasteiger partial charge in [0.1, 0.15) is 5.75 Å². The molecule has 0 aliphatic rings. The van der Waals surface area contributed by atoms with Crippen LogP contribution in [0.25, 0.3) is 0 Å². The first kappa shape index (κ1) is 18.2. The molecule has 1 aromatic carbocycles. The zero-order valence-corrected chi connectivity index (χ0v) is 13.7. The summed E-state index contributed by atoms with van der Waals surface area (Å²) in [6.07, 6.45) is 4.00. The monoisotopic (exact) mass is 330 g/mol. The van der Waals surface area contributed by atoms with Crippen LogP contribution in [-0.4, -0.2) is 25.7 Å². The van der Waals surface area contributed by atoms with Crippen molar-refractivity contribution in [2.45, 2.75) is 39.5 Å². The molecule has 0 bridgehead atoms. The number of ether oxygens (including phenoxy) is 1. The molecule has 1 N–H and O–H groups in total. The van der Waals surface area contributed by atoms with Crippen LogP contribution in [0, 0.1) is 10.1 Å². The molecule has 0 amide bonds. The van der Waals surface area contributed by atoms with Crippen LogP contribution >= 0.6 is 0 Å². The van der Waals surface area contributed by atoms with E-state index in [1.165, 1.54) is 25.1 Å². The van der Waals surface area contributed by atoms with E-state index in [4.69, 9.17) is 4.74 Å². The Balaban J connectivity index is 2.88. The van der Waals surface area contributed by atoms with Crippen molar-refractivity contribution >= 4 is 21.4 Å². The molecule has 0 unspecified atom stereocenters. The van der Waals surface area contributed by atoms with E-state index in [1.807, 2.05) is 0 Å². The van der Waals surface area contributed by atoms with Crippen LogP contribution in [0.5, 0.6) is 5.75 Å². The first-order chi connectivity index (χ1) is 10.4. The maximum Gasteiger partial charge on any atom is 0.273 e. The summed E-state index contributed by atoms with van der Waals surface area (Å²) in [6.45, 7) is 4.00. The largest absolute Gasteiger partial charge is 0.491 e. The summed E-state index contributed by atoms with van der Waals surface area (Å²) in [4.78, 5) is 10.3. The number of nitrogens with one attached hydrogen (secondary N) is 1. The molecule has 0 spiro atoms. The third-order valence-corrected chi connectivity index (χ3v) is 4.37. The summed E-state index contributed by atoms with van der Waals surface area (Å²) in [5, 5.41) is 10.8. The molecule has 0 saturated carbocycles. The number of sulfonamides is 1. The molecule has 124 valence electrons. The van der Waals surface area contributed by atoms with Gasteiger partial charge >= 0.3 is 0 Å². The summed E-state index contributed by atoms with van der Waals surface area (Å²) in [6, 6.07) is 3.84. The minimum Gasteiger partial charge on any atom is -0.491 e. The summed E-state index contributed by atoms with van der Waals surface area (Å²) in [5.41, 5.74) is 0.0888. The maximum absolute atomic E-state index is 11.7. The van der Waals surface area contributed by atoms with E-state index in [-0.39, 0.29) is 22.9 Å². The molecule has 0 aromatic heterocycles. The van der Waals surface area contributed by atoms with Gasteiger partial charge in [0.05, 0.1) is 29.0 Å². The minimum atomic E-state index is -3.47. The fourth-order valence-electron chi connectivity index (χ4n) is 1.78. The molecule has 0 atom stereocenters. The minimum absolute atomic E-state index is 0.0834. The number of benzene rings is 1. The highest BCUT2D eigenvalue weighted by Gasteiger charge is 2.16. The van der Waals surface area contributed by atoms with Crippen molar-refractivity contribution in [3.05, 3.63) is 28.3 Å². The zero-order valence-electron chi connectivity index (χ0n) is 12.9. The molecule has 0 saturated heterocycles. The van der Waals surface area contributed by atoms with E-state index in [0.29, 0.717) is 6.61 Å². The molecule has 7 nitrogen and oxygen atoms in total. The van der Waals surface area contributed by atoms with E-state index in [1.54, 1.807) is 0 Å². The standard InChI is InChI=1S/C14H22N2O5S/c1-3-5-6-7-10-21-14-11-12(16(17)18)8-9-13(14)15-22(19,20)4-2/h8-9,11,15H,3-7,10H2,1-2H3. The highest BCUT2D eigenvalue weighted by molar-refractivity contribution is 7.92. The van der Waals surface area contributed by atoms with Crippen molar-refractivity contribution in [2.24, 2.45) is 0 Å². The molecule has 0 fully saturated rings. The fourth-order valence-corrected chi connectivity index (χ4v) is 2.43. The van der Waals surface area contributed by atoms with Gasteiger partial charge in [-0.05, 0) is 19.4 Å².